The Hall–Kier alpha value is -0.900. The Kier molecular flexibility index (Phi) is 3.29. The molecule has 2 bridgehead atoms. The number of hydrogen-bond acceptors (Lipinski definition) is 3. The molecule has 0 radical (unpaired) electrons. The Labute approximate surface area is 124 Å². The summed E-state index contributed by atoms with van der Waals surface area (Å²) in [7, 11) is 0. The summed E-state index contributed by atoms with van der Waals surface area (Å²) in [5, 5.41) is 6.37. The highest BCUT2D eigenvalue weighted by Crippen LogP contribution is 2.49. The topological polar surface area (TPSA) is 42.0 Å². The number of carbonyl (C=O) groups excluding carboxylic acids is 1. The maximum atomic E-state index is 12.4. The lowest BCUT2D eigenvalue weighted by molar-refractivity contribution is -0.123. The molecular formula is C16H22N2OS. The van der Waals surface area contributed by atoms with Crippen molar-refractivity contribution < 1.29 is 4.79 Å². The van der Waals surface area contributed by atoms with Crippen LogP contribution >= 0.6 is 11.3 Å². The Bertz CT molecular complexity index is 483. The Morgan fingerprint density at radius 3 is 2.85 bits per heavy atom. The summed E-state index contributed by atoms with van der Waals surface area (Å²) in [6.45, 7) is 0. The van der Waals surface area contributed by atoms with Crippen LogP contribution in [0.3, 0.4) is 0 Å². The van der Waals surface area contributed by atoms with E-state index in [2.05, 4.69) is 10.3 Å². The number of nitrogens with one attached hydrogen (secondary N) is 1. The van der Waals surface area contributed by atoms with E-state index < -0.39 is 0 Å². The van der Waals surface area contributed by atoms with E-state index in [0.29, 0.717) is 11.8 Å². The van der Waals surface area contributed by atoms with E-state index in [1.54, 1.807) is 11.3 Å². The average Bonchev–Trinajstić information content (AvgIpc) is 2.88. The molecule has 3 aliphatic rings. The molecule has 4 rings (SSSR count). The van der Waals surface area contributed by atoms with Crippen molar-refractivity contribution in [2.45, 2.75) is 51.0 Å². The molecule has 1 N–H and O–H groups in total. The van der Waals surface area contributed by atoms with Crippen molar-refractivity contribution >= 4 is 17.2 Å². The number of nitrogens with zero attached hydrogens (tertiary/aromatic N) is 1. The fourth-order valence-corrected chi connectivity index (χ4v) is 5.08. The molecule has 0 unspecified atom stereocenters. The lowest BCUT2D eigenvalue weighted by Crippen LogP contribution is -2.32. The highest BCUT2D eigenvalue weighted by molar-refractivity contribution is 7.09. The van der Waals surface area contributed by atoms with Gasteiger partial charge in [-0.25, -0.2) is 4.98 Å². The summed E-state index contributed by atoms with van der Waals surface area (Å²) >= 11 is 1.67. The molecule has 0 spiro atoms. The Balaban J connectivity index is 1.36. The van der Waals surface area contributed by atoms with Crippen LogP contribution in [0.2, 0.25) is 0 Å². The van der Waals surface area contributed by atoms with Gasteiger partial charge < -0.3 is 5.32 Å². The molecule has 3 fully saturated rings. The lowest BCUT2D eigenvalue weighted by Gasteiger charge is -2.22. The summed E-state index contributed by atoms with van der Waals surface area (Å²) in [6.07, 6.45) is 10.5. The first-order valence-electron chi connectivity index (χ1n) is 7.98. The molecule has 3 saturated carbocycles. The molecule has 4 heteroatoms. The molecule has 0 aromatic carbocycles. The largest absolute Gasteiger partial charge is 0.347 e. The number of hydrogen-bond donors (Lipinski definition) is 1. The first-order valence-corrected chi connectivity index (χ1v) is 8.86. The van der Waals surface area contributed by atoms with Crippen molar-refractivity contribution in [2.75, 3.05) is 0 Å². The van der Waals surface area contributed by atoms with E-state index >= 15 is 0 Å². The number of carbonyl (C=O) groups is 1. The molecule has 1 heterocycles. The van der Waals surface area contributed by atoms with Gasteiger partial charge in [0.05, 0.1) is 6.04 Å². The summed E-state index contributed by atoms with van der Waals surface area (Å²) in [4.78, 5) is 16.8. The SMILES string of the molecule is O=C(C[C@@H]1C[C@H]2CC[C@H]1C2)N[C@@H](c1nccs1)C1CC1. The predicted molar refractivity (Wildman–Crippen MR) is 79.3 cm³/mol. The van der Waals surface area contributed by atoms with E-state index in [4.69, 9.17) is 0 Å². The van der Waals surface area contributed by atoms with Crippen LogP contribution in [0.15, 0.2) is 11.6 Å². The minimum absolute atomic E-state index is 0.182. The Morgan fingerprint density at radius 2 is 2.25 bits per heavy atom. The van der Waals surface area contributed by atoms with Gasteiger partial charge in [-0.1, -0.05) is 6.42 Å². The van der Waals surface area contributed by atoms with E-state index in [-0.39, 0.29) is 11.9 Å². The van der Waals surface area contributed by atoms with Gasteiger partial charge in [0.15, 0.2) is 0 Å². The second-order valence-electron chi connectivity index (χ2n) is 6.89. The summed E-state index contributed by atoms with van der Waals surface area (Å²) in [6, 6.07) is 0.182. The first-order chi connectivity index (χ1) is 9.79. The zero-order valence-corrected chi connectivity index (χ0v) is 12.6. The zero-order chi connectivity index (χ0) is 13.5. The minimum Gasteiger partial charge on any atom is -0.347 e. The van der Waals surface area contributed by atoms with Crippen molar-refractivity contribution in [1.29, 1.82) is 0 Å². The Morgan fingerprint density at radius 1 is 1.35 bits per heavy atom. The van der Waals surface area contributed by atoms with Gasteiger partial charge in [-0.05, 0) is 55.8 Å². The van der Waals surface area contributed by atoms with E-state index in [0.717, 1.165) is 23.3 Å². The third-order valence-corrected chi connectivity index (χ3v) is 6.32. The fourth-order valence-electron chi connectivity index (χ4n) is 4.30. The summed E-state index contributed by atoms with van der Waals surface area (Å²) < 4.78 is 0. The number of amides is 1. The van der Waals surface area contributed by atoms with Crippen LogP contribution in [0, 0.1) is 23.7 Å². The standard InChI is InChI=1S/C16H22N2OS/c19-14(9-13-8-10-1-2-12(13)7-10)18-15(11-3-4-11)16-17-5-6-20-16/h5-6,10-13,15H,1-4,7-9H2,(H,18,19)/t10-,12-,13-,15+/m0/s1. The number of fused-ring (bicyclic) bond motifs is 2. The predicted octanol–water partition coefficient (Wildman–Crippen LogP) is 3.54. The molecule has 1 aromatic rings. The van der Waals surface area contributed by atoms with Crippen LogP contribution < -0.4 is 5.32 Å². The fraction of sp³-hybridized carbons (Fsp3) is 0.750. The second-order valence-corrected chi connectivity index (χ2v) is 7.82. The van der Waals surface area contributed by atoms with Gasteiger partial charge in [0.1, 0.15) is 5.01 Å². The second kappa shape index (κ2) is 5.14. The third kappa shape index (κ3) is 2.50. The molecule has 0 aliphatic heterocycles. The van der Waals surface area contributed by atoms with Gasteiger partial charge in [0.2, 0.25) is 5.91 Å². The van der Waals surface area contributed by atoms with Crippen molar-refractivity contribution in [3.63, 3.8) is 0 Å². The molecule has 1 amide bonds. The van der Waals surface area contributed by atoms with Gasteiger partial charge in [0.25, 0.3) is 0 Å². The van der Waals surface area contributed by atoms with Crippen LogP contribution in [0.5, 0.6) is 0 Å². The van der Waals surface area contributed by atoms with E-state index in [9.17, 15) is 4.79 Å². The normalized spacial score (nSPS) is 33.3. The van der Waals surface area contributed by atoms with Gasteiger partial charge in [0, 0.05) is 18.0 Å². The monoisotopic (exact) mass is 290 g/mol. The lowest BCUT2D eigenvalue weighted by atomic mass is 9.86. The van der Waals surface area contributed by atoms with Gasteiger partial charge in [-0.2, -0.15) is 0 Å². The molecule has 4 atom stereocenters. The maximum Gasteiger partial charge on any atom is 0.220 e. The van der Waals surface area contributed by atoms with E-state index in [1.165, 1.54) is 38.5 Å². The van der Waals surface area contributed by atoms with Crippen LogP contribution in [0.4, 0.5) is 0 Å². The van der Waals surface area contributed by atoms with Crippen LogP contribution in [-0.4, -0.2) is 10.9 Å². The van der Waals surface area contributed by atoms with Gasteiger partial charge in [-0.15, -0.1) is 11.3 Å². The molecular weight excluding hydrogens is 268 g/mol. The maximum absolute atomic E-state index is 12.4. The van der Waals surface area contributed by atoms with Crippen molar-refractivity contribution in [3.8, 4) is 0 Å². The molecule has 108 valence electrons. The highest BCUT2D eigenvalue weighted by Gasteiger charge is 2.41. The van der Waals surface area contributed by atoms with Gasteiger partial charge in [-0.3, -0.25) is 4.79 Å². The van der Waals surface area contributed by atoms with E-state index in [1.807, 2.05) is 11.6 Å². The van der Waals surface area contributed by atoms with Crippen LogP contribution in [0.25, 0.3) is 0 Å². The minimum atomic E-state index is 0.182. The molecule has 0 saturated heterocycles. The van der Waals surface area contributed by atoms with Crippen molar-refractivity contribution in [1.82, 2.24) is 10.3 Å². The number of thiazole rings is 1. The van der Waals surface area contributed by atoms with Gasteiger partial charge >= 0.3 is 0 Å². The van der Waals surface area contributed by atoms with Crippen molar-refractivity contribution in [2.24, 2.45) is 23.7 Å². The number of aromatic nitrogens is 1. The van der Waals surface area contributed by atoms with Crippen LogP contribution in [0.1, 0.15) is 56.0 Å². The molecule has 1 aromatic heterocycles. The summed E-state index contributed by atoms with van der Waals surface area (Å²) in [5.41, 5.74) is 0. The first kappa shape index (κ1) is 12.8. The molecule has 3 aliphatic carbocycles. The van der Waals surface area contributed by atoms with Crippen molar-refractivity contribution in [3.05, 3.63) is 16.6 Å². The molecule has 3 nitrogen and oxygen atoms in total. The van der Waals surface area contributed by atoms with Crippen LogP contribution in [-0.2, 0) is 4.79 Å². The smallest absolute Gasteiger partial charge is 0.220 e. The zero-order valence-electron chi connectivity index (χ0n) is 11.8. The third-order valence-electron chi connectivity index (χ3n) is 5.46. The molecule has 20 heavy (non-hydrogen) atoms. The average molecular weight is 290 g/mol. The number of rotatable bonds is 5. The summed E-state index contributed by atoms with van der Waals surface area (Å²) in [5.74, 6) is 3.31. The quantitative estimate of drug-likeness (QED) is 0.901. The highest BCUT2D eigenvalue weighted by atomic mass is 32.1.